The predicted molar refractivity (Wildman–Crippen MR) is 69.3 cm³/mol. The van der Waals surface area contributed by atoms with E-state index in [1.807, 2.05) is 7.05 Å². The van der Waals surface area contributed by atoms with Gasteiger partial charge in [0, 0.05) is 20.6 Å². The summed E-state index contributed by atoms with van der Waals surface area (Å²) < 4.78 is 0. The van der Waals surface area contributed by atoms with Gasteiger partial charge in [0.15, 0.2) is 5.82 Å². The van der Waals surface area contributed by atoms with Gasteiger partial charge in [-0.2, -0.15) is 4.98 Å². The van der Waals surface area contributed by atoms with Gasteiger partial charge in [-0.15, -0.1) is 0 Å². The summed E-state index contributed by atoms with van der Waals surface area (Å²) in [6.07, 6.45) is 2.74. The molecule has 1 aromatic heterocycles. The average Bonchev–Trinajstić information content (AvgIpc) is 2.26. The third-order valence-electron chi connectivity index (χ3n) is 2.35. The zero-order chi connectivity index (χ0) is 12.1. The summed E-state index contributed by atoms with van der Waals surface area (Å²) in [4.78, 5) is 10.5. The second-order valence-electron chi connectivity index (χ2n) is 4.22. The fourth-order valence-electron chi connectivity index (χ4n) is 1.30. The highest BCUT2D eigenvalue weighted by atomic mass is 35.5. The number of hydrogen-bond donors (Lipinski definition) is 1. The van der Waals surface area contributed by atoms with E-state index in [0.29, 0.717) is 16.9 Å². The first kappa shape index (κ1) is 13.0. The summed E-state index contributed by atoms with van der Waals surface area (Å²) in [5.41, 5.74) is 0. The van der Waals surface area contributed by atoms with E-state index in [0.717, 1.165) is 18.8 Å². The minimum atomic E-state index is 0.588. The molecule has 0 aliphatic rings. The van der Waals surface area contributed by atoms with Crippen molar-refractivity contribution in [1.82, 2.24) is 9.97 Å². The number of rotatable bonds is 5. The van der Waals surface area contributed by atoms with E-state index in [1.165, 1.54) is 0 Å². The molecule has 0 atom stereocenters. The van der Waals surface area contributed by atoms with Gasteiger partial charge in [0.1, 0.15) is 5.02 Å². The molecule has 0 radical (unpaired) electrons. The van der Waals surface area contributed by atoms with Crippen LogP contribution in [0.25, 0.3) is 0 Å². The van der Waals surface area contributed by atoms with Gasteiger partial charge in [-0.05, 0) is 12.3 Å². The number of nitrogens with one attached hydrogen (secondary N) is 1. The van der Waals surface area contributed by atoms with Crippen LogP contribution in [0.1, 0.15) is 20.3 Å². The van der Waals surface area contributed by atoms with Gasteiger partial charge in [-0.1, -0.05) is 25.4 Å². The highest BCUT2D eigenvalue weighted by Gasteiger charge is 2.10. The zero-order valence-corrected chi connectivity index (χ0v) is 11.0. The van der Waals surface area contributed by atoms with Gasteiger partial charge >= 0.3 is 0 Å². The fourth-order valence-corrected chi connectivity index (χ4v) is 1.54. The highest BCUT2D eigenvalue weighted by Crippen LogP contribution is 2.23. The molecule has 1 aromatic rings. The molecule has 0 saturated heterocycles. The van der Waals surface area contributed by atoms with E-state index in [4.69, 9.17) is 11.6 Å². The monoisotopic (exact) mass is 242 g/mol. The van der Waals surface area contributed by atoms with Crippen LogP contribution in [0.4, 0.5) is 11.8 Å². The topological polar surface area (TPSA) is 41.1 Å². The second kappa shape index (κ2) is 5.89. The van der Waals surface area contributed by atoms with Gasteiger partial charge in [0.05, 0.1) is 6.20 Å². The molecular formula is C11H19ClN4. The molecule has 4 nitrogen and oxygen atoms in total. The average molecular weight is 243 g/mol. The van der Waals surface area contributed by atoms with Crippen molar-refractivity contribution in [3.8, 4) is 0 Å². The Kier molecular flexibility index (Phi) is 4.80. The summed E-state index contributed by atoms with van der Waals surface area (Å²) in [5.74, 6) is 2.05. The number of nitrogens with zero attached hydrogens (tertiary/aromatic N) is 3. The van der Waals surface area contributed by atoms with Gasteiger partial charge < -0.3 is 10.2 Å². The first-order chi connectivity index (χ1) is 7.54. The molecule has 0 aliphatic carbocycles. The lowest BCUT2D eigenvalue weighted by atomic mass is 10.1. The van der Waals surface area contributed by atoms with E-state index in [2.05, 4.69) is 34.0 Å². The largest absolute Gasteiger partial charge is 0.358 e. The van der Waals surface area contributed by atoms with Crippen LogP contribution in [0.5, 0.6) is 0 Å². The molecule has 16 heavy (non-hydrogen) atoms. The van der Waals surface area contributed by atoms with Gasteiger partial charge in [0.2, 0.25) is 5.95 Å². The van der Waals surface area contributed by atoms with Crippen molar-refractivity contribution < 1.29 is 0 Å². The maximum atomic E-state index is 6.07. The van der Waals surface area contributed by atoms with Crippen LogP contribution < -0.4 is 10.2 Å². The lowest BCUT2D eigenvalue weighted by molar-refractivity contribution is 0.583. The lowest BCUT2D eigenvalue weighted by Crippen LogP contribution is -2.22. The first-order valence-electron chi connectivity index (χ1n) is 5.46. The van der Waals surface area contributed by atoms with E-state index >= 15 is 0 Å². The smallest absolute Gasteiger partial charge is 0.224 e. The predicted octanol–water partition coefficient (Wildman–Crippen LogP) is 2.65. The Morgan fingerprint density at radius 1 is 1.50 bits per heavy atom. The molecule has 1 N–H and O–H groups in total. The van der Waals surface area contributed by atoms with Crippen LogP contribution in [0.2, 0.25) is 5.02 Å². The Morgan fingerprint density at radius 2 is 2.19 bits per heavy atom. The zero-order valence-electron chi connectivity index (χ0n) is 10.3. The minimum Gasteiger partial charge on any atom is -0.358 e. The summed E-state index contributed by atoms with van der Waals surface area (Å²) >= 11 is 6.07. The van der Waals surface area contributed by atoms with Crippen LogP contribution in [-0.4, -0.2) is 30.6 Å². The third-order valence-corrected chi connectivity index (χ3v) is 2.62. The number of hydrogen-bond acceptors (Lipinski definition) is 4. The van der Waals surface area contributed by atoms with Gasteiger partial charge in [0.25, 0.3) is 0 Å². The minimum absolute atomic E-state index is 0.588. The molecule has 0 bridgehead atoms. The third kappa shape index (κ3) is 3.52. The number of anilines is 2. The molecular weight excluding hydrogens is 224 g/mol. The van der Waals surface area contributed by atoms with Crippen molar-refractivity contribution in [3.63, 3.8) is 0 Å². The Labute approximate surface area is 102 Å². The van der Waals surface area contributed by atoms with Gasteiger partial charge in [-0.25, -0.2) is 4.98 Å². The SMILES string of the molecule is CNc1ncc(Cl)c(N(C)CCC(C)C)n1. The van der Waals surface area contributed by atoms with E-state index in [1.54, 1.807) is 13.2 Å². The lowest BCUT2D eigenvalue weighted by Gasteiger charge is -2.20. The van der Waals surface area contributed by atoms with E-state index in [9.17, 15) is 0 Å². The van der Waals surface area contributed by atoms with Crippen LogP contribution in [-0.2, 0) is 0 Å². The maximum Gasteiger partial charge on any atom is 0.224 e. The molecule has 90 valence electrons. The quantitative estimate of drug-likeness (QED) is 0.862. The van der Waals surface area contributed by atoms with Crippen LogP contribution in [0, 0.1) is 5.92 Å². The maximum absolute atomic E-state index is 6.07. The summed E-state index contributed by atoms with van der Waals surface area (Å²) in [6, 6.07) is 0. The summed E-state index contributed by atoms with van der Waals surface area (Å²) in [5, 5.41) is 3.49. The molecule has 0 saturated carbocycles. The second-order valence-corrected chi connectivity index (χ2v) is 4.63. The highest BCUT2D eigenvalue weighted by molar-refractivity contribution is 6.32. The molecule has 0 spiro atoms. The molecule has 5 heteroatoms. The molecule has 0 unspecified atom stereocenters. The van der Waals surface area contributed by atoms with Crippen molar-refractivity contribution >= 4 is 23.4 Å². The molecule has 0 aromatic carbocycles. The molecule has 0 amide bonds. The van der Waals surface area contributed by atoms with Crippen molar-refractivity contribution in [2.24, 2.45) is 5.92 Å². The summed E-state index contributed by atoms with van der Waals surface area (Å²) in [6.45, 7) is 5.35. The van der Waals surface area contributed by atoms with Crippen molar-refractivity contribution in [2.45, 2.75) is 20.3 Å². The summed E-state index contributed by atoms with van der Waals surface area (Å²) in [7, 11) is 3.79. The normalized spacial score (nSPS) is 10.6. The van der Waals surface area contributed by atoms with Crippen molar-refractivity contribution in [3.05, 3.63) is 11.2 Å². The van der Waals surface area contributed by atoms with E-state index < -0.39 is 0 Å². The standard InChI is InChI=1S/C11H19ClN4/c1-8(2)5-6-16(4)10-9(12)7-14-11(13-3)15-10/h7-8H,5-6H2,1-4H3,(H,13,14,15). The van der Waals surface area contributed by atoms with Crippen LogP contribution >= 0.6 is 11.6 Å². The Morgan fingerprint density at radius 3 is 2.75 bits per heavy atom. The van der Waals surface area contributed by atoms with Crippen molar-refractivity contribution in [1.29, 1.82) is 0 Å². The van der Waals surface area contributed by atoms with Crippen LogP contribution in [0.3, 0.4) is 0 Å². The molecule has 1 rings (SSSR count). The molecule has 0 fully saturated rings. The fraction of sp³-hybridized carbons (Fsp3) is 0.636. The molecule has 0 aliphatic heterocycles. The van der Waals surface area contributed by atoms with Gasteiger partial charge in [-0.3, -0.25) is 0 Å². The number of halogens is 1. The Balaban J connectivity index is 2.76. The Hall–Kier alpha value is -1.03. The number of aromatic nitrogens is 2. The van der Waals surface area contributed by atoms with E-state index in [-0.39, 0.29) is 0 Å². The van der Waals surface area contributed by atoms with Crippen molar-refractivity contribution in [2.75, 3.05) is 30.9 Å². The Bertz CT molecular complexity index is 341. The first-order valence-corrected chi connectivity index (χ1v) is 5.83. The molecule has 1 heterocycles. The van der Waals surface area contributed by atoms with Crippen LogP contribution in [0.15, 0.2) is 6.20 Å².